The zero-order valence-corrected chi connectivity index (χ0v) is 15.5. The molecule has 0 bridgehead atoms. The lowest BCUT2D eigenvalue weighted by Crippen LogP contribution is -2.17. The summed E-state index contributed by atoms with van der Waals surface area (Å²) in [5, 5.41) is 14.4. The number of nitrogens with one attached hydrogen (secondary N) is 2. The summed E-state index contributed by atoms with van der Waals surface area (Å²) in [5.41, 5.74) is 1.89. The monoisotopic (exact) mass is 384 g/mol. The van der Waals surface area contributed by atoms with E-state index in [0.717, 1.165) is 0 Å². The Bertz CT molecular complexity index is 1150. The summed E-state index contributed by atoms with van der Waals surface area (Å²) in [4.78, 5) is 40.5. The molecule has 7 nitrogen and oxygen atoms in total. The molecule has 0 fully saturated rings. The number of para-hydroxylation sites is 1. The first kappa shape index (κ1) is 19.5. The number of anilines is 2. The molecule has 0 spiro atoms. The Morgan fingerprint density at radius 3 is 2.45 bits per heavy atom. The average Bonchev–Trinajstić information content (AvgIpc) is 2.74. The lowest BCUT2D eigenvalue weighted by molar-refractivity contribution is 0.100. The van der Waals surface area contributed by atoms with Crippen molar-refractivity contribution in [3.05, 3.63) is 89.2 Å². The van der Waals surface area contributed by atoms with Gasteiger partial charge in [-0.15, -0.1) is 0 Å². The highest BCUT2D eigenvalue weighted by Gasteiger charge is 2.14. The largest absolute Gasteiger partial charge is 0.321 e. The number of hydrogen-bond acceptors (Lipinski definition) is 5. The molecule has 0 unspecified atom stereocenters. The number of Topliss-reactive ketones (excluding diaryl/α,β-unsaturated/α-hetero) is 1. The SMILES string of the molecule is CC(=O)c1cccc(NC(=O)c2cc(C(=O)Nc3ccccc3C#N)ccn2)c1. The van der Waals surface area contributed by atoms with Crippen LogP contribution in [0.1, 0.15) is 43.7 Å². The molecule has 0 atom stereocenters. The quantitative estimate of drug-likeness (QED) is 0.652. The maximum Gasteiger partial charge on any atom is 0.274 e. The predicted octanol–water partition coefficient (Wildman–Crippen LogP) is 3.66. The minimum absolute atomic E-state index is 0.0412. The van der Waals surface area contributed by atoms with E-state index in [2.05, 4.69) is 15.6 Å². The second-order valence-electron chi connectivity index (χ2n) is 6.13. The summed E-state index contributed by atoms with van der Waals surface area (Å²) in [7, 11) is 0. The summed E-state index contributed by atoms with van der Waals surface area (Å²) < 4.78 is 0. The number of carbonyl (C=O) groups is 3. The molecule has 2 aromatic carbocycles. The minimum atomic E-state index is -0.516. The summed E-state index contributed by atoms with van der Waals surface area (Å²) in [6.45, 7) is 1.44. The smallest absolute Gasteiger partial charge is 0.274 e. The Hall–Kier alpha value is -4.31. The third kappa shape index (κ3) is 4.70. The number of carbonyl (C=O) groups excluding carboxylic acids is 3. The molecule has 0 aliphatic rings. The average molecular weight is 384 g/mol. The van der Waals surface area contributed by atoms with E-state index in [9.17, 15) is 14.4 Å². The molecule has 142 valence electrons. The summed E-state index contributed by atoms with van der Waals surface area (Å²) in [5.74, 6) is -1.10. The van der Waals surface area contributed by atoms with E-state index in [1.807, 2.05) is 6.07 Å². The number of nitrogens with zero attached hydrogens (tertiary/aromatic N) is 2. The third-order valence-corrected chi connectivity index (χ3v) is 4.08. The first-order chi connectivity index (χ1) is 14.0. The highest BCUT2D eigenvalue weighted by molar-refractivity contribution is 6.08. The fourth-order valence-electron chi connectivity index (χ4n) is 2.59. The Kier molecular flexibility index (Phi) is 5.76. The first-order valence-corrected chi connectivity index (χ1v) is 8.67. The van der Waals surface area contributed by atoms with Crippen molar-refractivity contribution in [3.63, 3.8) is 0 Å². The van der Waals surface area contributed by atoms with Crippen LogP contribution >= 0.6 is 0 Å². The van der Waals surface area contributed by atoms with Gasteiger partial charge in [0, 0.05) is 23.0 Å². The number of benzene rings is 2. The Morgan fingerprint density at radius 1 is 0.897 bits per heavy atom. The summed E-state index contributed by atoms with van der Waals surface area (Å²) in [6.07, 6.45) is 1.35. The van der Waals surface area contributed by atoms with Gasteiger partial charge < -0.3 is 10.6 Å². The van der Waals surface area contributed by atoms with Gasteiger partial charge in [-0.25, -0.2) is 0 Å². The Balaban J connectivity index is 1.77. The van der Waals surface area contributed by atoms with Crippen LogP contribution in [0.4, 0.5) is 11.4 Å². The van der Waals surface area contributed by atoms with Gasteiger partial charge in [-0.2, -0.15) is 5.26 Å². The second-order valence-corrected chi connectivity index (χ2v) is 6.13. The van der Waals surface area contributed by atoms with E-state index in [-0.39, 0.29) is 17.0 Å². The van der Waals surface area contributed by atoms with Crippen molar-refractivity contribution < 1.29 is 14.4 Å². The number of amides is 2. The summed E-state index contributed by atoms with van der Waals surface area (Å²) >= 11 is 0. The van der Waals surface area contributed by atoms with Crippen molar-refractivity contribution >= 4 is 29.0 Å². The number of nitriles is 1. The van der Waals surface area contributed by atoms with Gasteiger partial charge in [0.2, 0.25) is 0 Å². The van der Waals surface area contributed by atoms with Gasteiger partial charge in [0.05, 0.1) is 11.3 Å². The van der Waals surface area contributed by atoms with Gasteiger partial charge in [0.1, 0.15) is 11.8 Å². The highest BCUT2D eigenvalue weighted by Crippen LogP contribution is 2.16. The van der Waals surface area contributed by atoms with E-state index < -0.39 is 11.8 Å². The molecule has 7 heteroatoms. The molecule has 0 aliphatic heterocycles. The van der Waals surface area contributed by atoms with Crippen molar-refractivity contribution in [2.75, 3.05) is 10.6 Å². The van der Waals surface area contributed by atoms with Crippen LogP contribution < -0.4 is 10.6 Å². The Labute approximate surface area is 167 Å². The molecular formula is C22H16N4O3. The van der Waals surface area contributed by atoms with Crippen LogP contribution in [0.5, 0.6) is 0 Å². The van der Waals surface area contributed by atoms with Crippen LogP contribution in [-0.2, 0) is 0 Å². The first-order valence-electron chi connectivity index (χ1n) is 8.67. The van der Waals surface area contributed by atoms with E-state index in [0.29, 0.717) is 22.5 Å². The van der Waals surface area contributed by atoms with E-state index in [4.69, 9.17) is 5.26 Å². The Morgan fingerprint density at radius 2 is 1.69 bits per heavy atom. The van der Waals surface area contributed by atoms with Gasteiger partial charge in [0.25, 0.3) is 11.8 Å². The lowest BCUT2D eigenvalue weighted by atomic mass is 10.1. The zero-order valence-electron chi connectivity index (χ0n) is 15.5. The fourth-order valence-corrected chi connectivity index (χ4v) is 2.59. The lowest BCUT2D eigenvalue weighted by Gasteiger charge is -2.09. The predicted molar refractivity (Wildman–Crippen MR) is 108 cm³/mol. The molecule has 2 amide bonds. The molecule has 29 heavy (non-hydrogen) atoms. The molecule has 0 aliphatic carbocycles. The minimum Gasteiger partial charge on any atom is -0.321 e. The molecule has 0 saturated heterocycles. The number of rotatable bonds is 5. The van der Waals surface area contributed by atoms with Crippen LogP contribution in [0.15, 0.2) is 66.9 Å². The van der Waals surface area contributed by atoms with Crippen molar-refractivity contribution in [2.24, 2.45) is 0 Å². The van der Waals surface area contributed by atoms with Crippen molar-refractivity contribution in [2.45, 2.75) is 6.92 Å². The van der Waals surface area contributed by atoms with Crippen molar-refractivity contribution in [3.8, 4) is 6.07 Å². The third-order valence-electron chi connectivity index (χ3n) is 4.08. The van der Waals surface area contributed by atoms with Crippen molar-refractivity contribution in [1.82, 2.24) is 4.98 Å². The standard InChI is InChI=1S/C22H16N4O3/c1-14(27)15-6-4-7-18(11-15)25-22(29)20-12-16(9-10-24-20)21(28)26-19-8-3-2-5-17(19)13-23/h2-12H,1H3,(H,25,29)(H,26,28). The van der Waals surface area contributed by atoms with Gasteiger partial charge in [0.15, 0.2) is 5.78 Å². The topological polar surface area (TPSA) is 112 Å². The fraction of sp³-hybridized carbons (Fsp3) is 0.0455. The van der Waals surface area contributed by atoms with E-state index in [1.165, 1.54) is 25.3 Å². The van der Waals surface area contributed by atoms with E-state index in [1.54, 1.807) is 48.5 Å². The number of ketones is 1. The maximum atomic E-state index is 12.5. The molecule has 1 aromatic heterocycles. The second kappa shape index (κ2) is 8.59. The van der Waals surface area contributed by atoms with Crippen LogP contribution in [0, 0.1) is 11.3 Å². The van der Waals surface area contributed by atoms with Crippen LogP contribution in [-0.4, -0.2) is 22.6 Å². The van der Waals surface area contributed by atoms with E-state index >= 15 is 0 Å². The number of aromatic nitrogens is 1. The van der Waals surface area contributed by atoms with Gasteiger partial charge in [-0.3, -0.25) is 19.4 Å². The normalized spacial score (nSPS) is 9.93. The summed E-state index contributed by atoms with van der Waals surface area (Å²) in [6, 6.07) is 18.0. The van der Waals surface area contributed by atoms with Gasteiger partial charge in [-0.1, -0.05) is 24.3 Å². The molecule has 3 aromatic rings. The molecule has 0 saturated carbocycles. The highest BCUT2D eigenvalue weighted by atomic mass is 16.2. The van der Waals surface area contributed by atoms with Crippen molar-refractivity contribution in [1.29, 1.82) is 5.26 Å². The van der Waals surface area contributed by atoms with Crippen LogP contribution in [0.2, 0.25) is 0 Å². The van der Waals surface area contributed by atoms with Crippen LogP contribution in [0.3, 0.4) is 0 Å². The molecule has 0 radical (unpaired) electrons. The maximum absolute atomic E-state index is 12.5. The molecular weight excluding hydrogens is 368 g/mol. The number of hydrogen-bond donors (Lipinski definition) is 2. The van der Waals surface area contributed by atoms with Gasteiger partial charge >= 0.3 is 0 Å². The van der Waals surface area contributed by atoms with Gasteiger partial charge in [-0.05, 0) is 43.3 Å². The number of pyridine rings is 1. The molecule has 3 rings (SSSR count). The van der Waals surface area contributed by atoms with Crippen LogP contribution in [0.25, 0.3) is 0 Å². The molecule has 1 heterocycles. The molecule has 2 N–H and O–H groups in total. The zero-order chi connectivity index (χ0) is 20.8.